The Morgan fingerprint density at radius 3 is 2.32 bits per heavy atom. The number of aryl methyl sites for hydroxylation is 3. The van der Waals surface area contributed by atoms with E-state index in [-0.39, 0.29) is 4.90 Å². The van der Waals surface area contributed by atoms with E-state index in [1.165, 1.54) is 30.6 Å². The van der Waals surface area contributed by atoms with Crippen molar-refractivity contribution in [3.05, 3.63) is 81.9 Å². The predicted molar refractivity (Wildman–Crippen MR) is 128 cm³/mol. The third-order valence-electron chi connectivity index (χ3n) is 5.88. The van der Waals surface area contributed by atoms with Gasteiger partial charge in [-0.1, -0.05) is 41.9 Å². The van der Waals surface area contributed by atoms with E-state index in [0.717, 1.165) is 23.2 Å². The van der Waals surface area contributed by atoms with Crippen LogP contribution >= 0.6 is 11.6 Å². The normalized spacial score (nSPS) is 14.3. The molecule has 0 amide bonds. The van der Waals surface area contributed by atoms with Crippen molar-refractivity contribution in [3.63, 3.8) is 0 Å². The first kappa shape index (κ1) is 21.9. The lowest BCUT2D eigenvalue weighted by Crippen LogP contribution is -2.36. The average Bonchev–Trinajstić information content (AvgIpc) is 2.68. The molecule has 1 fully saturated rings. The van der Waals surface area contributed by atoms with Crippen LogP contribution in [0.5, 0.6) is 0 Å². The molecule has 31 heavy (non-hydrogen) atoms. The number of nitrogens with one attached hydrogen (secondary N) is 1. The first-order chi connectivity index (χ1) is 14.7. The van der Waals surface area contributed by atoms with Gasteiger partial charge in [0.05, 0.1) is 4.90 Å². The van der Waals surface area contributed by atoms with E-state index in [2.05, 4.69) is 34.7 Å². The standard InChI is InChI=1S/C25H27ClN2O2S/c1-17-12-21(8-9-22(17)16-28-10-5-11-28)20-6-4-7-23(15-20)27-31(29,30)25-14-18(2)24(26)13-19(25)3/h4,6-9,12-15,27H,5,10-11,16H2,1-3H3. The van der Waals surface area contributed by atoms with Crippen molar-refractivity contribution in [2.75, 3.05) is 17.8 Å². The zero-order valence-electron chi connectivity index (χ0n) is 18.1. The molecule has 0 aromatic heterocycles. The van der Waals surface area contributed by atoms with Gasteiger partial charge in [0, 0.05) is 17.3 Å². The van der Waals surface area contributed by atoms with Gasteiger partial charge in [-0.2, -0.15) is 0 Å². The second-order valence-corrected chi connectivity index (χ2v) is 10.4. The van der Waals surface area contributed by atoms with Crippen LogP contribution < -0.4 is 4.72 Å². The molecule has 0 radical (unpaired) electrons. The Morgan fingerprint density at radius 1 is 0.903 bits per heavy atom. The zero-order chi connectivity index (χ0) is 22.2. The fourth-order valence-corrected chi connectivity index (χ4v) is 5.43. The maximum Gasteiger partial charge on any atom is 0.262 e. The summed E-state index contributed by atoms with van der Waals surface area (Å²) >= 11 is 6.13. The van der Waals surface area contributed by atoms with Crippen LogP contribution in [0.4, 0.5) is 5.69 Å². The minimum Gasteiger partial charge on any atom is -0.299 e. The van der Waals surface area contributed by atoms with Crippen molar-refractivity contribution in [2.24, 2.45) is 0 Å². The van der Waals surface area contributed by atoms with E-state index in [9.17, 15) is 8.42 Å². The second kappa shape index (κ2) is 8.65. The van der Waals surface area contributed by atoms with Gasteiger partial charge in [0.1, 0.15) is 0 Å². The molecule has 1 aliphatic heterocycles. The lowest BCUT2D eigenvalue weighted by molar-refractivity contribution is 0.172. The number of halogens is 1. The van der Waals surface area contributed by atoms with Gasteiger partial charge in [-0.25, -0.2) is 8.42 Å². The first-order valence-corrected chi connectivity index (χ1v) is 12.3. The van der Waals surface area contributed by atoms with Crippen molar-refractivity contribution >= 4 is 27.3 Å². The van der Waals surface area contributed by atoms with Crippen LogP contribution in [0.25, 0.3) is 11.1 Å². The van der Waals surface area contributed by atoms with E-state index < -0.39 is 10.0 Å². The Morgan fingerprint density at radius 2 is 1.65 bits per heavy atom. The van der Waals surface area contributed by atoms with Crippen molar-refractivity contribution in [1.82, 2.24) is 4.90 Å². The highest BCUT2D eigenvalue weighted by atomic mass is 35.5. The number of nitrogens with zero attached hydrogens (tertiary/aromatic N) is 1. The molecule has 1 saturated heterocycles. The molecule has 3 aromatic rings. The van der Waals surface area contributed by atoms with Crippen LogP contribution in [0.1, 0.15) is 28.7 Å². The molecule has 0 atom stereocenters. The SMILES string of the molecule is Cc1cc(S(=O)(=O)Nc2cccc(-c3ccc(CN4CCC4)c(C)c3)c2)c(C)cc1Cl. The predicted octanol–water partition coefficient (Wildman–Crippen LogP) is 5.94. The van der Waals surface area contributed by atoms with Gasteiger partial charge in [0.2, 0.25) is 0 Å². The summed E-state index contributed by atoms with van der Waals surface area (Å²) in [7, 11) is -3.72. The van der Waals surface area contributed by atoms with Gasteiger partial charge in [-0.15, -0.1) is 0 Å². The number of sulfonamides is 1. The summed E-state index contributed by atoms with van der Waals surface area (Å²) in [5, 5.41) is 0.561. The fraction of sp³-hybridized carbons (Fsp3) is 0.280. The Balaban J connectivity index is 1.58. The number of rotatable bonds is 6. The van der Waals surface area contributed by atoms with E-state index in [4.69, 9.17) is 11.6 Å². The zero-order valence-corrected chi connectivity index (χ0v) is 19.6. The highest BCUT2D eigenvalue weighted by Gasteiger charge is 2.19. The molecule has 1 aliphatic rings. The number of anilines is 1. The van der Waals surface area contributed by atoms with Gasteiger partial charge >= 0.3 is 0 Å². The Labute approximate surface area is 189 Å². The molecule has 0 aliphatic carbocycles. The second-order valence-electron chi connectivity index (χ2n) is 8.32. The molecule has 0 spiro atoms. The molecule has 4 rings (SSSR count). The summed E-state index contributed by atoms with van der Waals surface area (Å²) in [4.78, 5) is 2.68. The van der Waals surface area contributed by atoms with E-state index in [1.54, 1.807) is 32.0 Å². The summed E-state index contributed by atoms with van der Waals surface area (Å²) < 4.78 is 28.7. The van der Waals surface area contributed by atoms with Gasteiger partial charge in [0.15, 0.2) is 0 Å². The van der Waals surface area contributed by atoms with Gasteiger partial charge in [0.25, 0.3) is 10.0 Å². The van der Waals surface area contributed by atoms with Crippen LogP contribution in [0.15, 0.2) is 59.5 Å². The smallest absolute Gasteiger partial charge is 0.262 e. The topological polar surface area (TPSA) is 49.4 Å². The summed E-state index contributed by atoms with van der Waals surface area (Å²) in [5.41, 5.74) is 6.53. The number of hydrogen-bond acceptors (Lipinski definition) is 3. The van der Waals surface area contributed by atoms with Gasteiger partial charge in [-0.3, -0.25) is 9.62 Å². The molecule has 0 unspecified atom stereocenters. The summed E-state index contributed by atoms with van der Waals surface area (Å²) in [6, 6.07) is 17.3. The van der Waals surface area contributed by atoms with Gasteiger partial charge in [-0.05, 0) is 97.9 Å². The molecular weight excluding hydrogens is 428 g/mol. The largest absolute Gasteiger partial charge is 0.299 e. The van der Waals surface area contributed by atoms with Crippen molar-refractivity contribution in [1.29, 1.82) is 0 Å². The maximum atomic E-state index is 13.0. The van der Waals surface area contributed by atoms with Crippen molar-refractivity contribution in [3.8, 4) is 11.1 Å². The monoisotopic (exact) mass is 454 g/mol. The van der Waals surface area contributed by atoms with Crippen LogP contribution in [0, 0.1) is 20.8 Å². The lowest BCUT2D eigenvalue weighted by Gasteiger charge is -2.31. The number of benzene rings is 3. The van der Waals surface area contributed by atoms with Crippen molar-refractivity contribution < 1.29 is 8.42 Å². The highest BCUT2D eigenvalue weighted by molar-refractivity contribution is 7.92. The van der Waals surface area contributed by atoms with Crippen LogP contribution in [-0.4, -0.2) is 26.4 Å². The Hall–Kier alpha value is -2.34. The summed E-state index contributed by atoms with van der Waals surface area (Å²) in [6.07, 6.45) is 1.29. The molecule has 0 bridgehead atoms. The molecule has 6 heteroatoms. The molecule has 162 valence electrons. The van der Waals surface area contributed by atoms with Crippen LogP contribution in [-0.2, 0) is 16.6 Å². The molecule has 3 aromatic carbocycles. The van der Waals surface area contributed by atoms with E-state index in [1.807, 2.05) is 18.2 Å². The average molecular weight is 455 g/mol. The Kier molecular flexibility index (Phi) is 6.11. The minimum atomic E-state index is -3.72. The Bertz CT molecular complexity index is 1230. The highest BCUT2D eigenvalue weighted by Crippen LogP contribution is 2.29. The summed E-state index contributed by atoms with van der Waals surface area (Å²) in [5.74, 6) is 0. The molecule has 4 nitrogen and oxygen atoms in total. The van der Waals surface area contributed by atoms with Crippen LogP contribution in [0.3, 0.4) is 0 Å². The third-order valence-corrected chi connectivity index (χ3v) is 7.81. The van der Waals surface area contributed by atoms with E-state index >= 15 is 0 Å². The molecular formula is C25H27ClN2O2S. The maximum absolute atomic E-state index is 13.0. The number of likely N-dealkylation sites (tertiary alicyclic amines) is 1. The van der Waals surface area contributed by atoms with Gasteiger partial charge < -0.3 is 0 Å². The lowest BCUT2D eigenvalue weighted by atomic mass is 9.99. The molecule has 0 saturated carbocycles. The summed E-state index contributed by atoms with van der Waals surface area (Å²) in [6.45, 7) is 9.03. The third kappa shape index (κ3) is 4.79. The number of hydrogen-bond donors (Lipinski definition) is 1. The molecule has 1 N–H and O–H groups in total. The minimum absolute atomic E-state index is 0.242. The fourth-order valence-electron chi connectivity index (χ4n) is 3.85. The quantitative estimate of drug-likeness (QED) is 0.501. The van der Waals surface area contributed by atoms with E-state index in [0.29, 0.717) is 16.3 Å². The molecule has 1 heterocycles. The van der Waals surface area contributed by atoms with Crippen LogP contribution in [0.2, 0.25) is 5.02 Å². The van der Waals surface area contributed by atoms with Crippen molar-refractivity contribution in [2.45, 2.75) is 38.6 Å². The first-order valence-electron chi connectivity index (χ1n) is 10.4.